The van der Waals surface area contributed by atoms with Gasteiger partial charge < -0.3 is 14.6 Å². The van der Waals surface area contributed by atoms with E-state index in [9.17, 15) is 9.90 Å². The predicted molar refractivity (Wildman–Crippen MR) is 72.0 cm³/mol. The van der Waals surface area contributed by atoms with Gasteiger partial charge in [-0.15, -0.1) is 0 Å². The molecule has 1 saturated heterocycles. The van der Waals surface area contributed by atoms with Gasteiger partial charge in [0.15, 0.2) is 0 Å². The molecule has 0 saturated carbocycles. The summed E-state index contributed by atoms with van der Waals surface area (Å²) in [4.78, 5) is 11.2. The molecule has 1 N–H and O–H groups in total. The normalized spacial score (nSPS) is 38.3. The molecule has 0 aromatic heterocycles. The van der Waals surface area contributed by atoms with E-state index in [4.69, 9.17) is 9.47 Å². The molecule has 94 valence electrons. The average Bonchev–Trinajstić information content (AvgIpc) is 2.88. The lowest BCUT2D eigenvalue weighted by Crippen LogP contribution is -2.38. The SMILES string of the molecule is O=C1C=C[C@]2(O1)O[C@H](c1ccccc1)[C@@H](O)[C@@H]2I. The Kier molecular flexibility index (Phi) is 2.91. The number of carbonyl (C=O) groups excluding carboxylic acids is 1. The van der Waals surface area contributed by atoms with Gasteiger partial charge in [0, 0.05) is 6.08 Å². The fourth-order valence-electron chi connectivity index (χ4n) is 2.25. The van der Waals surface area contributed by atoms with Crippen molar-refractivity contribution in [1.82, 2.24) is 0 Å². The first-order valence-corrected chi connectivity index (χ1v) is 6.84. The van der Waals surface area contributed by atoms with E-state index in [1.165, 1.54) is 6.08 Å². The van der Waals surface area contributed by atoms with Crippen molar-refractivity contribution in [2.45, 2.75) is 21.9 Å². The summed E-state index contributed by atoms with van der Waals surface area (Å²) in [6.45, 7) is 0. The van der Waals surface area contributed by atoms with Crippen molar-refractivity contribution in [3.63, 3.8) is 0 Å². The Morgan fingerprint density at radius 2 is 2.00 bits per heavy atom. The van der Waals surface area contributed by atoms with E-state index in [2.05, 4.69) is 22.6 Å². The number of esters is 1. The summed E-state index contributed by atoms with van der Waals surface area (Å²) in [5.74, 6) is -1.56. The fraction of sp³-hybridized carbons (Fsp3) is 0.308. The second-order valence-corrected chi connectivity index (χ2v) is 5.66. The van der Waals surface area contributed by atoms with E-state index in [0.717, 1.165) is 5.56 Å². The summed E-state index contributed by atoms with van der Waals surface area (Å²) in [6.07, 6.45) is 1.72. The second-order valence-electron chi connectivity index (χ2n) is 4.32. The third kappa shape index (κ3) is 1.77. The van der Waals surface area contributed by atoms with Crippen LogP contribution in [0.1, 0.15) is 11.7 Å². The fourth-order valence-corrected chi connectivity index (χ4v) is 3.11. The number of carbonyl (C=O) groups is 1. The highest BCUT2D eigenvalue weighted by Gasteiger charge is 2.57. The van der Waals surface area contributed by atoms with Crippen molar-refractivity contribution in [1.29, 1.82) is 0 Å². The first-order chi connectivity index (χ1) is 8.62. The Balaban J connectivity index is 1.93. The zero-order chi connectivity index (χ0) is 12.8. The highest BCUT2D eigenvalue weighted by molar-refractivity contribution is 14.1. The Labute approximate surface area is 118 Å². The Morgan fingerprint density at radius 1 is 1.28 bits per heavy atom. The molecular weight excluding hydrogens is 347 g/mol. The van der Waals surface area contributed by atoms with E-state index < -0.39 is 24.0 Å². The maximum absolute atomic E-state index is 11.2. The van der Waals surface area contributed by atoms with Gasteiger partial charge in [-0.3, -0.25) is 0 Å². The highest BCUT2D eigenvalue weighted by atomic mass is 127. The van der Waals surface area contributed by atoms with Crippen molar-refractivity contribution < 1.29 is 19.4 Å². The zero-order valence-corrected chi connectivity index (χ0v) is 11.5. The number of aliphatic hydroxyl groups excluding tert-OH is 1. The van der Waals surface area contributed by atoms with Crippen molar-refractivity contribution >= 4 is 28.6 Å². The molecule has 4 nitrogen and oxygen atoms in total. The van der Waals surface area contributed by atoms with Crippen LogP contribution in [0.15, 0.2) is 42.5 Å². The highest BCUT2D eigenvalue weighted by Crippen LogP contribution is 2.47. The molecule has 2 heterocycles. The molecule has 1 aromatic rings. The van der Waals surface area contributed by atoms with Gasteiger partial charge in [0.25, 0.3) is 0 Å². The monoisotopic (exact) mass is 358 g/mol. The number of alkyl halides is 1. The van der Waals surface area contributed by atoms with Gasteiger partial charge in [-0.05, 0) is 11.6 Å². The van der Waals surface area contributed by atoms with E-state index in [-0.39, 0.29) is 3.92 Å². The number of hydrogen-bond acceptors (Lipinski definition) is 4. The molecule has 5 heteroatoms. The number of ether oxygens (including phenoxy) is 2. The van der Waals surface area contributed by atoms with Gasteiger partial charge in [-0.25, -0.2) is 4.79 Å². The topological polar surface area (TPSA) is 55.8 Å². The van der Waals surface area contributed by atoms with Crippen LogP contribution in [-0.4, -0.2) is 26.9 Å². The van der Waals surface area contributed by atoms with Gasteiger partial charge >= 0.3 is 5.97 Å². The molecule has 1 spiro atoms. The molecule has 0 bridgehead atoms. The van der Waals surface area contributed by atoms with Crippen LogP contribution in [0.2, 0.25) is 0 Å². The Bertz CT molecular complexity index is 501. The maximum Gasteiger partial charge on any atom is 0.333 e. The molecule has 3 rings (SSSR count). The van der Waals surface area contributed by atoms with Crippen LogP contribution in [0.5, 0.6) is 0 Å². The van der Waals surface area contributed by atoms with Gasteiger partial charge in [0.1, 0.15) is 16.1 Å². The number of hydrogen-bond donors (Lipinski definition) is 1. The van der Waals surface area contributed by atoms with Crippen LogP contribution < -0.4 is 0 Å². The van der Waals surface area contributed by atoms with Crippen LogP contribution in [0.25, 0.3) is 0 Å². The van der Waals surface area contributed by atoms with Gasteiger partial charge in [0.05, 0.1) is 0 Å². The maximum atomic E-state index is 11.2. The molecular formula is C13H11IO4. The van der Waals surface area contributed by atoms with Crippen molar-refractivity contribution in [3.8, 4) is 0 Å². The second kappa shape index (κ2) is 4.32. The molecule has 0 unspecified atom stereocenters. The third-order valence-corrected chi connectivity index (χ3v) is 4.75. The summed E-state index contributed by atoms with van der Waals surface area (Å²) in [7, 11) is 0. The predicted octanol–water partition coefficient (Wildman–Crippen LogP) is 1.73. The summed E-state index contributed by atoms with van der Waals surface area (Å²) in [5.41, 5.74) is 0.875. The van der Waals surface area contributed by atoms with Gasteiger partial charge in [-0.2, -0.15) is 0 Å². The van der Waals surface area contributed by atoms with Crippen molar-refractivity contribution in [2.24, 2.45) is 0 Å². The number of halogens is 1. The Hall–Kier alpha value is -0.920. The lowest BCUT2D eigenvalue weighted by molar-refractivity contribution is -0.190. The van der Waals surface area contributed by atoms with Gasteiger partial charge in [0.2, 0.25) is 5.79 Å². The minimum atomic E-state index is -1.13. The summed E-state index contributed by atoms with van der Waals surface area (Å²) < 4.78 is 10.7. The largest absolute Gasteiger partial charge is 0.425 e. The minimum absolute atomic E-state index is 0.331. The summed E-state index contributed by atoms with van der Waals surface area (Å²) in [6, 6.07) is 9.44. The molecule has 4 atom stereocenters. The third-order valence-electron chi connectivity index (χ3n) is 3.15. The van der Waals surface area contributed by atoms with E-state index in [1.807, 2.05) is 30.3 Å². The summed E-state index contributed by atoms with van der Waals surface area (Å²) >= 11 is 2.06. The van der Waals surface area contributed by atoms with Gasteiger partial charge in [-0.1, -0.05) is 52.9 Å². The quantitative estimate of drug-likeness (QED) is 0.472. The minimum Gasteiger partial charge on any atom is -0.425 e. The molecule has 18 heavy (non-hydrogen) atoms. The van der Waals surface area contributed by atoms with Crippen LogP contribution in [0.3, 0.4) is 0 Å². The average molecular weight is 358 g/mol. The molecule has 2 aliphatic heterocycles. The van der Waals surface area contributed by atoms with E-state index in [0.29, 0.717) is 0 Å². The lowest BCUT2D eigenvalue weighted by Gasteiger charge is -2.23. The molecule has 2 aliphatic rings. The summed E-state index contributed by atoms with van der Waals surface area (Å²) in [5, 5.41) is 10.3. The smallest absolute Gasteiger partial charge is 0.333 e. The molecule has 0 aliphatic carbocycles. The number of rotatable bonds is 1. The zero-order valence-electron chi connectivity index (χ0n) is 9.32. The Morgan fingerprint density at radius 3 is 2.61 bits per heavy atom. The van der Waals surface area contributed by atoms with Crippen LogP contribution >= 0.6 is 22.6 Å². The lowest BCUT2D eigenvalue weighted by atomic mass is 10.0. The molecule has 1 aromatic carbocycles. The van der Waals surface area contributed by atoms with Crippen molar-refractivity contribution in [2.75, 3.05) is 0 Å². The molecule has 0 radical (unpaired) electrons. The van der Waals surface area contributed by atoms with E-state index >= 15 is 0 Å². The molecule has 1 fully saturated rings. The van der Waals surface area contributed by atoms with Crippen LogP contribution in [-0.2, 0) is 14.3 Å². The number of aliphatic hydroxyl groups is 1. The van der Waals surface area contributed by atoms with Crippen LogP contribution in [0, 0.1) is 0 Å². The first kappa shape index (κ1) is 12.1. The first-order valence-electron chi connectivity index (χ1n) is 5.59. The van der Waals surface area contributed by atoms with E-state index in [1.54, 1.807) is 6.08 Å². The standard InChI is InChI=1S/C13H11IO4/c14-12-10(16)11(8-4-2-1-3-5-8)18-13(12)7-6-9(15)17-13/h1-7,10-12,16H/t10-,11-,12+,13+/m1/s1. The van der Waals surface area contributed by atoms with Crippen LogP contribution in [0.4, 0.5) is 0 Å². The molecule has 0 amide bonds. The van der Waals surface area contributed by atoms with Crippen molar-refractivity contribution in [3.05, 3.63) is 48.0 Å². The number of benzene rings is 1.